The standard InChI is InChI=1S/C30H35N3O7/c1-19-26(29(34)39-15-14-32(3)17-21-10-12-25(38-4)13-11-21)28(23-6-5-7-24(16-23)33(36)37)27(20(2)31-19)30(35)40-18-22-8-9-22/h5-7,10-13,16,22,27-28H,8-9,14-15,17-18H2,1-4H3. The van der Waals surface area contributed by atoms with E-state index in [1.165, 1.54) is 12.1 Å². The molecule has 1 heterocycles. The number of likely N-dealkylation sites (N-methyl/N-ethyl adjacent to an activating group) is 1. The number of carbonyl (C=O) groups excluding carboxylic acids is 2. The normalized spacial score (nSPS) is 18.8. The van der Waals surface area contributed by atoms with Gasteiger partial charge in [-0.05, 0) is 62.9 Å². The third-order valence-corrected chi connectivity index (χ3v) is 7.22. The van der Waals surface area contributed by atoms with E-state index in [9.17, 15) is 19.7 Å². The van der Waals surface area contributed by atoms with Crippen LogP contribution in [0.25, 0.3) is 0 Å². The van der Waals surface area contributed by atoms with Crippen LogP contribution in [0.4, 0.5) is 5.69 Å². The van der Waals surface area contributed by atoms with Crippen LogP contribution >= 0.6 is 0 Å². The number of hydrogen-bond acceptors (Lipinski definition) is 9. The number of hydrogen-bond donors (Lipinski definition) is 0. The van der Waals surface area contributed by atoms with Crippen molar-refractivity contribution in [3.8, 4) is 5.75 Å². The number of ether oxygens (including phenoxy) is 3. The quantitative estimate of drug-likeness (QED) is 0.213. The molecule has 2 aromatic carbocycles. The van der Waals surface area contributed by atoms with Crippen LogP contribution < -0.4 is 4.74 Å². The van der Waals surface area contributed by atoms with Crippen LogP contribution in [-0.4, -0.2) is 61.4 Å². The fraction of sp³-hybridized carbons (Fsp3) is 0.433. The number of esters is 2. The van der Waals surface area contributed by atoms with Crippen LogP contribution in [0.3, 0.4) is 0 Å². The van der Waals surface area contributed by atoms with Gasteiger partial charge in [-0.2, -0.15) is 0 Å². The van der Waals surface area contributed by atoms with Gasteiger partial charge in [0, 0.05) is 42.5 Å². The SMILES string of the molecule is COc1ccc(CN(C)CCOC(=O)C2=C(C)N=C(C)C(C(=O)OCC3CC3)C2c2cccc([N+](=O)[O-])c2)cc1. The lowest BCUT2D eigenvalue weighted by molar-refractivity contribution is -0.384. The topological polar surface area (TPSA) is 121 Å². The zero-order valence-electron chi connectivity index (χ0n) is 23.3. The molecule has 0 N–H and O–H groups in total. The predicted octanol–water partition coefficient (Wildman–Crippen LogP) is 4.68. The molecule has 0 saturated heterocycles. The largest absolute Gasteiger partial charge is 0.497 e. The van der Waals surface area contributed by atoms with Crippen molar-refractivity contribution >= 4 is 23.3 Å². The van der Waals surface area contributed by atoms with E-state index in [4.69, 9.17) is 14.2 Å². The van der Waals surface area contributed by atoms with E-state index in [0.29, 0.717) is 42.6 Å². The highest BCUT2D eigenvalue weighted by molar-refractivity contribution is 6.07. The van der Waals surface area contributed by atoms with E-state index < -0.39 is 28.7 Å². The van der Waals surface area contributed by atoms with Crippen molar-refractivity contribution < 1.29 is 28.7 Å². The maximum absolute atomic E-state index is 13.5. The fourth-order valence-electron chi connectivity index (χ4n) is 4.87. The Balaban J connectivity index is 1.52. The molecule has 10 nitrogen and oxygen atoms in total. The highest BCUT2D eigenvalue weighted by Crippen LogP contribution is 2.41. The Morgan fingerprint density at radius 2 is 1.82 bits per heavy atom. The van der Waals surface area contributed by atoms with Gasteiger partial charge in [-0.3, -0.25) is 24.8 Å². The zero-order valence-corrected chi connectivity index (χ0v) is 23.3. The molecule has 0 bridgehead atoms. The predicted molar refractivity (Wildman–Crippen MR) is 149 cm³/mol. The van der Waals surface area contributed by atoms with Crippen molar-refractivity contribution in [3.63, 3.8) is 0 Å². The second-order valence-corrected chi connectivity index (χ2v) is 10.4. The van der Waals surface area contributed by atoms with Crippen molar-refractivity contribution in [2.75, 3.05) is 33.9 Å². The van der Waals surface area contributed by atoms with Gasteiger partial charge in [0.2, 0.25) is 0 Å². The van der Waals surface area contributed by atoms with Crippen LogP contribution in [-0.2, 0) is 25.6 Å². The first kappa shape index (κ1) is 28.9. The summed E-state index contributed by atoms with van der Waals surface area (Å²) in [5.74, 6) is -1.69. The summed E-state index contributed by atoms with van der Waals surface area (Å²) in [6.07, 6.45) is 2.03. The van der Waals surface area contributed by atoms with E-state index in [2.05, 4.69) is 4.99 Å². The number of nitro groups is 1. The summed E-state index contributed by atoms with van der Waals surface area (Å²) in [6.45, 7) is 4.95. The highest BCUT2D eigenvalue weighted by Gasteiger charge is 2.43. The minimum Gasteiger partial charge on any atom is -0.497 e. The van der Waals surface area contributed by atoms with Crippen molar-refractivity contribution in [2.24, 2.45) is 16.8 Å². The van der Waals surface area contributed by atoms with Crippen LogP contribution in [0.5, 0.6) is 5.75 Å². The summed E-state index contributed by atoms with van der Waals surface area (Å²) in [7, 11) is 3.54. The Kier molecular flexibility index (Phi) is 9.31. The summed E-state index contributed by atoms with van der Waals surface area (Å²) in [4.78, 5) is 44.4. The number of nitrogens with zero attached hydrogens (tertiary/aromatic N) is 3. The van der Waals surface area contributed by atoms with Gasteiger partial charge < -0.3 is 14.2 Å². The van der Waals surface area contributed by atoms with Crippen LogP contribution in [0.2, 0.25) is 0 Å². The summed E-state index contributed by atoms with van der Waals surface area (Å²) in [6, 6.07) is 13.7. The minimum absolute atomic E-state index is 0.114. The molecule has 0 aromatic heterocycles. The maximum Gasteiger partial charge on any atom is 0.336 e. The molecule has 2 aliphatic rings. The molecule has 10 heteroatoms. The molecule has 4 rings (SSSR count). The Morgan fingerprint density at radius 3 is 2.48 bits per heavy atom. The average molecular weight is 550 g/mol. The monoisotopic (exact) mass is 549 g/mol. The first-order valence-electron chi connectivity index (χ1n) is 13.3. The molecule has 40 heavy (non-hydrogen) atoms. The summed E-state index contributed by atoms with van der Waals surface area (Å²) in [5, 5.41) is 11.5. The zero-order chi connectivity index (χ0) is 28.8. The molecule has 0 amide bonds. The van der Waals surface area contributed by atoms with Crippen LogP contribution in [0, 0.1) is 22.0 Å². The van der Waals surface area contributed by atoms with E-state index in [1.807, 2.05) is 36.2 Å². The van der Waals surface area contributed by atoms with Gasteiger partial charge in [0.1, 0.15) is 18.3 Å². The number of nitro benzene ring substituents is 1. The van der Waals surface area contributed by atoms with Gasteiger partial charge in [-0.25, -0.2) is 4.79 Å². The molecule has 1 fully saturated rings. The van der Waals surface area contributed by atoms with Crippen LogP contribution in [0.1, 0.15) is 43.7 Å². The number of carbonyl (C=O) groups is 2. The fourth-order valence-corrected chi connectivity index (χ4v) is 4.87. The van der Waals surface area contributed by atoms with E-state index in [1.54, 1.807) is 33.1 Å². The maximum atomic E-state index is 13.5. The molecule has 2 atom stereocenters. The van der Waals surface area contributed by atoms with E-state index >= 15 is 0 Å². The summed E-state index contributed by atoms with van der Waals surface area (Å²) >= 11 is 0. The number of rotatable bonds is 12. The van der Waals surface area contributed by atoms with Crippen molar-refractivity contribution in [1.29, 1.82) is 0 Å². The Bertz CT molecular complexity index is 1310. The number of allylic oxidation sites excluding steroid dienone is 1. The van der Waals surface area contributed by atoms with Crippen molar-refractivity contribution in [3.05, 3.63) is 81.0 Å². The van der Waals surface area contributed by atoms with E-state index in [0.717, 1.165) is 24.2 Å². The van der Waals surface area contributed by atoms with Gasteiger partial charge in [0.15, 0.2) is 0 Å². The van der Waals surface area contributed by atoms with Gasteiger partial charge in [-0.15, -0.1) is 0 Å². The van der Waals surface area contributed by atoms with Gasteiger partial charge in [0.05, 0.1) is 24.2 Å². The lowest BCUT2D eigenvalue weighted by atomic mass is 9.75. The molecule has 212 valence electrons. The van der Waals surface area contributed by atoms with Gasteiger partial charge >= 0.3 is 11.9 Å². The molecule has 2 unspecified atom stereocenters. The molecule has 1 aliphatic carbocycles. The number of benzene rings is 2. The molecule has 1 saturated carbocycles. The lowest BCUT2D eigenvalue weighted by Crippen LogP contribution is -2.37. The number of methoxy groups -OCH3 is 1. The first-order valence-corrected chi connectivity index (χ1v) is 13.3. The third-order valence-electron chi connectivity index (χ3n) is 7.22. The Morgan fingerprint density at radius 1 is 1.10 bits per heavy atom. The number of aliphatic imine (C=N–C) groups is 1. The van der Waals surface area contributed by atoms with E-state index in [-0.39, 0.29) is 17.9 Å². The second kappa shape index (κ2) is 12.9. The molecular weight excluding hydrogens is 514 g/mol. The summed E-state index contributed by atoms with van der Waals surface area (Å²) in [5.41, 5.74) is 2.52. The first-order chi connectivity index (χ1) is 19.2. The summed E-state index contributed by atoms with van der Waals surface area (Å²) < 4.78 is 16.5. The van der Waals surface area contributed by atoms with Gasteiger partial charge in [-0.1, -0.05) is 24.3 Å². The van der Waals surface area contributed by atoms with Crippen molar-refractivity contribution in [2.45, 2.75) is 39.2 Å². The molecule has 0 spiro atoms. The molecule has 0 radical (unpaired) electrons. The Labute approximate surface area is 233 Å². The minimum atomic E-state index is -0.898. The van der Waals surface area contributed by atoms with Gasteiger partial charge in [0.25, 0.3) is 5.69 Å². The molecule has 2 aromatic rings. The smallest absolute Gasteiger partial charge is 0.336 e. The van der Waals surface area contributed by atoms with Crippen LogP contribution in [0.15, 0.2) is 64.8 Å². The lowest BCUT2D eigenvalue weighted by Gasteiger charge is -2.31. The third kappa shape index (κ3) is 7.12. The molecule has 1 aliphatic heterocycles. The second-order valence-electron chi connectivity index (χ2n) is 10.4. The molecular formula is C30H35N3O7. The highest BCUT2D eigenvalue weighted by atomic mass is 16.6. The average Bonchev–Trinajstić information content (AvgIpc) is 3.76. The number of non-ortho nitro benzene ring substituents is 1. The van der Waals surface area contributed by atoms with Crippen molar-refractivity contribution in [1.82, 2.24) is 4.90 Å². The Hall–Kier alpha value is -4.05.